The minimum atomic E-state index is -0.470. The van der Waals surface area contributed by atoms with Crippen LogP contribution >= 0.6 is 36.4 Å². The quantitative estimate of drug-likeness (QED) is 0.0892. The van der Waals surface area contributed by atoms with Crippen LogP contribution in [0.3, 0.4) is 0 Å². The number of aryl methyl sites for hydroxylation is 2. The summed E-state index contributed by atoms with van der Waals surface area (Å²) in [6, 6.07) is 17.4. The number of rotatable bonds is 18. The Morgan fingerprint density at radius 2 is 1.62 bits per heavy atom. The third kappa shape index (κ3) is 9.64. The molecule has 3 aromatic heterocycles. The number of anilines is 1. The number of nitrogens with zero attached hydrogens (tertiary/aromatic N) is 5. The molecule has 0 fully saturated rings. The Morgan fingerprint density at radius 3 is 2.41 bits per heavy atom. The molecule has 1 N–H and O–H groups in total. The minimum Gasteiger partial charge on any atom is -0.379 e. The maximum absolute atomic E-state index is 13.3. The van der Waals surface area contributed by atoms with Gasteiger partial charge in [-0.3, -0.25) is 19.1 Å². The maximum Gasteiger partial charge on any atom is 0.163 e. The summed E-state index contributed by atoms with van der Waals surface area (Å²) in [7, 11) is 0. The van der Waals surface area contributed by atoms with Crippen molar-refractivity contribution in [3.8, 4) is 16.1 Å². The molecular formula is C42H47ClN6O5S2. The van der Waals surface area contributed by atoms with Crippen LogP contribution in [0.5, 0.6) is 0 Å². The van der Waals surface area contributed by atoms with E-state index in [1.54, 1.807) is 17.5 Å². The van der Waals surface area contributed by atoms with Gasteiger partial charge in [-0.1, -0.05) is 41.9 Å². The van der Waals surface area contributed by atoms with E-state index in [1.807, 2.05) is 49.4 Å². The average Bonchev–Trinajstić information content (AvgIpc) is 3.81. The van der Waals surface area contributed by atoms with Gasteiger partial charge in [0.05, 0.1) is 38.7 Å². The second-order valence-electron chi connectivity index (χ2n) is 13.8. The van der Waals surface area contributed by atoms with Gasteiger partial charge in [0.2, 0.25) is 0 Å². The smallest absolute Gasteiger partial charge is 0.163 e. The molecule has 2 aromatic carbocycles. The van der Waals surface area contributed by atoms with Gasteiger partial charge in [-0.15, -0.1) is 21.5 Å². The lowest BCUT2D eigenvalue weighted by Gasteiger charge is -2.13. The number of aromatic nitrogens is 4. The number of ether oxygens (including phenoxy) is 3. The number of aliphatic imine (C=N–C) groups is 1. The summed E-state index contributed by atoms with van der Waals surface area (Å²) in [5, 5.41) is 13.9. The topological polar surface area (TPSA) is 130 Å². The van der Waals surface area contributed by atoms with Crippen LogP contribution in [0, 0.1) is 20.8 Å². The molecule has 1 atom stereocenters. The lowest BCUT2D eigenvalue weighted by molar-refractivity contribution is -0.120. The van der Waals surface area contributed by atoms with Crippen LogP contribution in [-0.2, 0) is 36.6 Å². The second-order valence-corrected chi connectivity index (χ2v) is 15.4. The van der Waals surface area contributed by atoms with Crippen molar-refractivity contribution >= 4 is 59.5 Å². The van der Waals surface area contributed by atoms with Gasteiger partial charge in [0.1, 0.15) is 34.3 Å². The van der Waals surface area contributed by atoms with Crippen molar-refractivity contribution in [3.63, 3.8) is 0 Å². The Morgan fingerprint density at radius 1 is 0.911 bits per heavy atom. The van der Waals surface area contributed by atoms with Crippen LogP contribution in [0.25, 0.3) is 16.1 Å². The van der Waals surface area contributed by atoms with E-state index in [0.717, 1.165) is 61.3 Å². The molecule has 11 nitrogen and oxygen atoms in total. The predicted octanol–water partition coefficient (Wildman–Crippen LogP) is 7.54. The van der Waals surface area contributed by atoms with Gasteiger partial charge < -0.3 is 19.5 Å². The van der Waals surface area contributed by atoms with E-state index in [-0.39, 0.29) is 31.5 Å². The van der Waals surface area contributed by atoms with Gasteiger partial charge in [0.15, 0.2) is 5.82 Å². The number of ketones is 2. The summed E-state index contributed by atoms with van der Waals surface area (Å²) < 4.78 is 19.2. The van der Waals surface area contributed by atoms with Crippen LogP contribution in [0.1, 0.15) is 69.6 Å². The number of nitrogens with one attached hydrogen (secondary N) is 1. The van der Waals surface area contributed by atoms with Crippen molar-refractivity contribution in [3.05, 3.63) is 110 Å². The lowest BCUT2D eigenvalue weighted by Crippen LogP contribution is -2.15. The number of benzene rings is 2. The molecule has 2 aliphatic rings. The van der Waals surface area contributed by atoms with Crippen molar-refractivity contribution in [2.45, 2.75) is 58.9 Å². The van der Waals surface area contributed by atoms with Crippen LogP contribution < -0.4 is 5.32 Å². The molecule has 0 bridgehead atoms. The number of carbonyl (C=O) groups is 2. The molecular weight excluding hydrogens is 768 g/mol. The number of carbonyl (C=O) groups excluding carboxylic acids is 2. The number of Topliss-reactive ketones (excluding diaryl/α,β-unsaturated/α-hetero) is 2. The van der Waals surface area contributed by atoms with E-state index in [2.05, 4.69) is 51.0 Å². The largest absolute Gasteiger partial charge is 0.379 e. The number of thiophene rings is 1. The molecule has 294 valence electrons. The zero-order valence-electron chi connectivity index (χ0n) is 31.9. The molecule has 0 saturated carbocycles. The summed E-state index contributed by atoms with van der Waals surface area (Å²) in [5.74, 6) is 2.60. The first-order valence-corrected chi connectivity index (χ1v) is 19.9. The van der Waals surface area contributed by atoms with Gasteiger partial charge >= 0.3 is 0 Å². The monoisotopic (exact) mass is 814 g/mol. The van der Waals surface area contributed by atoms with E-state index in [4.69, 9.17) is 30.8 Å². The number of pyridine rings is 1. The molecule has 4 heterocycles. The Hall–Kier alpha value is -4.24. The van der Waals surface area contributed by atoms with Crippen molar-refractivity contribution in [2.24, 2.45) is 4.99 Å². The number of hydrogen-bond donors (Lipinski definition) is 1. The average molecular weight is 815 g/mol. The number of halogens is 1. The van der Waals surface area contributed by atoms with Gasteiger partial charge in [-0.2, -0.15) is 13.5 Å². The predicted molar refractivity (Wildman–Crippen MR) is 226 cm³/mol. The summed E-state index contributed by atoms with van der Waals surface area (Å²) in [6.45, 7) is 9.54. The molecule has 0 spiro atoms. The maximum atomic E-state index is 13.3. The highest BCUT2D eigenvalue weighted by Gasteiger charge is 2.32. The Bertz CT molecular complexity index is 2200. The van der Waals surface area contributed by atoms with Crippen LogP contribution in [0.2, 0.25) is 5.02 Å². The fourth-order valence-electron chi connectivity index (χ4n) is 7.00. The molecule has 7 rings (SSSR count). The SMILES string of the molecule is Cc1sc2c(c1C)C(c1ccc(Cl)cc1)=N[C@@H](CC(=O)CCCOCCOCCOCCNc1ncccc1-c1ccc3c(c1)CC(=O)C3)c1nnc(C)n1-2.S. The molecule has 0 saturated heterocycles. The number of hydrogen-bond acceptors (Lipinski definition) is 11. The van der Waals surface area contributed by atoms with E-state index in [9.17, 15) is 9.59 Å². The summed E-state index contributed by atoms with van der Waals surface area (Å²) >= 11 is 7.92. The Balaban J connectivity index is 0.00000532. The zero-order chi connectivity index (χ0) is 38.3. The Kier molecular flexibility index (Phi) is 14.2. The first kappa shape index (κ1) is 41.4. The molecule has 0 amide bonds. The van der Waals surface area contributed by atoms with Crippen molar-refractivity contribution in [1.29, 1.82) is 0 Å². The highest BCUT2D eigenvalue weighted by molar-refractivity contribution is 7.59. The Labute approximate surface area is 343 Å². The summed E-state index contributed by atoms with van der Waals surface area (Å²) in [6.07, 6.45) is 4.01. The molecule has 56 heavy (non-hydrogen) atoms. The van der Waals surface area contributed by atoms with E-state index in [0.29, 0.717) is 82.7 Å². The molecule has 0 radical (unpaired) electrons. The van der Waals surface area contributed by atoms with Gasteiger partial charge in [-0.05, 0) is 73.7 Å². The van der Waals surface area contributed by atoms with Gasteiger partial charge in [0, 0.05) is 71.6 Å². The van der Waals surface area contributed by atoms with Gasteiger partial charge in [-0.25, -0.2) is 4.98 Å². The molecule has 1 aliphatic carbocycles. The standard InChI is InChI=1S/C42H45ClN6O5S.H2S/c1-26-27(2)55-42-38(26)39(29-10-12-33(43)13-11-29)46-37(41-48-47-28(3)49(41)42)25-34(50)6-5-16-52-18-20-54-21-19-53-17-15-45-40-36(7-4-14-44-40)31-9-8-30-23-35(51)24-32(30)22-31;/h4,7-14,22,37H,5-6,15-21,23-25H2,1-3H3,(H,44,45);1H2/t37-;/m0./s1. The lowest BCUT2D eigenvalue weighted by atomic mass is 9.99. The third-order valence-electron chi connectivity index (χ3n) is 9.91. The van der Waals surface area contributed by atoms with Crippen LogP contribution in [-0.4, -0.2) is 83.2 Å². The molecule has 14 heteroatoms. The third-order valence-corrected chi connectivity index (χ3v) is 11.3. The van der Waals surface area contributed by atoms with Crippen molar-refractivity contribution in [2.75, 3.05) is 51.5 Å². The second kappa shape index (κ2) is 19.3. The summed E-state index contributed by atoms with van der Waals surface area (Å²) in [5.41, 5.74) is 8.26. The van der Waals surface area contributed by atoms with Gasteiger partial charge in [0.25, 0.3) is 0 Å². The van der Waals surface area contributed by atoms with E-state index < -0.39 is 6.04 Å². The molecule has 0 unspecified atom stereocenters. The van der Waals surface area contributed by atoms with Crippen molar-refractivity contribution < 1.29 is 23.8 Å². The van der Waals surface area contributed by atoms with Crippen molar-refractivity contribution in [1.82, 2.24) is 19.7 Å². The first-order valence-electron chi connectivity index (χ1n) is 18.7. The zero-order valence-corrected chi connectivity index (χ0v) is 34.5. The summed E-state index contributed by atoms with van der Waals surface area (Å²) in [4.78, 5) is 36.1. The molecule has 1 aliphatic heterocycles. The number of fused-ring (bicyclic) bond motifs is 4. The van der Waals surface area contributed by atoms with Crippen LogP contribution in [0.4, 0.5) is 5.82 Å². The van der Waals surface area contributed by atoms with E-state index >= 15 is 0 Å². The highest BCUT2D eigenvalue weighted by atomic mass is 35.5. The highest BCUT2D eigenvalue weighted by Crippen LogP contribution is 2.40. The van der Waals surface area contributed by atoms with Crippen LogP contribution in [0.15, 0.2) is 65.8 Å². The minimum absolute atomic E-state index is 0. The fraction of sp³-hybridized carbons (Fsp3) is 0.381. The first-order chi connectivity index (χ1) is 26.8. The molecule has 5 aromatic rings. The van der Waals surface area contributed by atoms with E-state index in [1.165, 1.54) is 4.88 Å². The fourth-order valence-corrected chi connectivity index (χ4v) is 8.34. The normalized spacial score (nSPS) is 14.4.